The molecular weight excluding hydrogens is 613 g/mol. The SMILES string of the molecule is COc1ccc(OC)c(-c2cc(-c3ccccc3)nc3sc(C(=O)c4c([O-])on[n+]4-c4ccc(OC(F)(F)F)cc4)c(N)c23)c1. The normalized spacial score (nSPS) is 11.5. The summed E-state index contributed by atoms with van der Waals surface area (Å²) in [6.07, 6.45) is -4.90. The molecule has 0 saturated carbocycles. The highest BCUT2D eigenvalue weighted by Gasteiger charge is 2.34. The highest BCUT2D eigenvalue weighted by atomic mass is 32.1. The van der Waals surface area contributed by atoms with Crippen molar-refractivity contribution >= 4 is 33.0 Å². The number of rotatable bonds is 8. The molecule has 3 aromatic carbocycles. The van der Waals surface area contributed by atoms with Crippen molar-refractivity contribution in [3.05, 3.63) is 89.4 Å². The number of ether oxygens (including phenoxy) is 3. The first-order valence-electron chi connectivity index (χ1n) is 13.1. The first kappa shape index (κ1) is 29.4. The van der Waals surface area contributed by atoms with Gasteiger partial charge in [0, 0.05) is 34.2 Å². The lowest BCUT2D eigenvalue weighted by molar-refractivity contribution is -0.672. The van der Waals surface area contributed by atoms with Crippen molar-refractivity contribution in [2.24, 2.45) is 0 Å². The summed E-state index contributed by atoms with van der Waals surface area (Å²) in [5.41, 5.74) is 8.87. The molecule has 6 rings (SSSR count). The van der Waals surface area contributed by atoms with Gasteiger partial charge in [0.2, 0.25) is 5.69 Å². The Balaban J connectivity index is 1.52. The van der Waals surface area contributed by atoms with E-state index in [1.54, 1.807) is 18.2 Å². The molecule has 45 heavy (non-hydrogen) atoms. The van der Waals surface area contributed by atoms with E-state index in [0.29, 0.717) is 38.5 Å². The van der Waals surface area contributed by atoms with Gasteiger partial charge in [0.25, 0.3) is 5.78 Å². The van der Waals surface area contributed by atoms with Crippen LogP contribution in [-0.4, -0.2) is 36.6 Å². The Morgan fingerprint density at radius 3 is 2.33 bits per heavy atom. The van der Waals surface area contributed by atoms with Crippen LogP contribution in [0.15, 0.2) is 83.4 Å². The number of nitrogen functional groups attached to an aromatic ring is 1. The number of carbonyl (C=O) groups excluding carboxylic acids is 1. The van der Waals surface area contributed by atoms with Crippen LogP contribution in [0.3, 0.4) is 0 Å². The van der Waals surface area contributed by atoms with Crippen LogP contribution in [0.25, 0.3) is 38.3 Å². The summed E-state index contributed by atoms with van der Waals surface area (Å²) < 4.78 is 58.5. The van der Waals surface area contributed by atoms with Crippen LogP contribution in [0.2, 0.25) is 0 Å². The molecule has 3 aromatic heterocycles. The number of carbonyl (C=O) groups is 1. The van der Waals surface area contributed by atoms with E-state index >= 15 is 0 Å². The molecule has 0 aliphatic heterocycles. The smallest absolute Gasteiger partial charge is 0.539 e. The van der Waals surface area contributed by atoms with Crippen molar-refractivity contribution in [3.8, 4) is 51.3 Å². The minimum atomic E-state index is -4.90. The summed E-state index contributed by atoms with van der Waals surface area (Å²) in [4.78, 5) is 19.1. The topological polar surface area (TPSA) is 137 Å². The number of benzene rings is 3. The van der Waals surface area contributed by atoms with Gasteiger partial charge in [-0.3, -0.25) is 4.79 Å². The zero-order valence-corrected chi connectivity index (χ0v) is 24.2. The molecule has 0 spiro atoms. The number of halogens is 3. The van der Waals surface area contributed by atoms with Crippen molar-refractivity contribution in [1.29, 1.82) is 0 Å². The molecule has 0 unspecified atom stereocenters. The Morgan fingerprint density at radius 1 is 0.956 bits per heavy atom. The third-order valence-electron chi connectivity index (χ3n) is 6.81. The number of fused-ring (bicyclic) bond motifs is 1. The maximum absolute atomic E-state index is 14.0. The Bertz CT molecular complexity index is 2040. The quantitative estimate of drug-likeness (QED) is 0.165. The lowest BCUT2D eigenvalue weighted by atomic mass is 9.98. The van der Waals surface area contributed by atoms with Crippen molar-refractivity contribution in [2.45, 2.75) is 6.36 Å². The first-order valence-corrected chi connectivity index (χ1v) is 13.9. The van der Waals surface area contributed by atoms with Crippen LogP contribution in [0.1, 0.15) is 15.4 Å². The first-order chi connectivity index (χ1) is 21.6. The number of pyridine rings is 1. The minimum Gasteiger partial charge on any atom is -0.539 e. The molecule has 10 nitrogen and oxygen atoms in total. The van der Waals surface area contributed by atoms with Crippen molar-refractivity contribution in [2.75, 3.05) is 20.0 Å². The third kappa shape index (κ3) is 5.58. The maximum Gasteiger partial charge on any atom is 0.573 e. The Morgan fingerprint density at radius 2 is 1.67 bits per heavy atom. The molecule has 0 aliphatic carbocycles. The molecule has 0 radical (unpaired) electrons. The number of nitrogens with two attached hydrogens (primary N) is 1. The van der Waals surface area contributed by atoms with E-state index in [9.17, 15) is 23.1 Å². The summed E-state index contributed by atoms with van der Waals surface area (Å²) in [6, 6.07) is 20.9. The molecule has 0 atom stereocenters. The third-order valence-corrected chi connectivity index (χ3v) is 7.91. The van der Waals surface area contributed by atoms with Gasteiger partial charge in [0.15, 0.2) is 5.95 Å². The van der Waals surface area contributed by atoms with Gasteiger partial charge in [-0.05, 0) is 41.1 Å². The highest BCUT2D eigenvalue weighted by molar-refractivity contribution is 7.21. The zero-order valence-electron chi connectivity index (χ0n) is 23.4. The maximum atomic E-state index is 14.0. The fraction of sp³-hybridized carbons (Fsp3) is 0.0968. The molecule has 0 aliphatic rings. The van der Waals surface area contributed by atoms with Crippen LogP contribution in [0.4, 0.5) is 18.9 Å². The largest absolute Gasteiger partial charge is 0.573 e. The number of hydrogen-bond acceptors (Lipinski definition) is 10. The zero-order chi connectivity index (χ0) is 31.9. The molecule has 0 bridgehead atoms. The lowest BCUT2D eigenvalue weighted by Gasteiger charge is -2.13. The Hall–Kier alpha value is -5.63. The molecule has 228 valence electrons. The number of anilines is 1. The number of alkyl halides is 3. The van der Waals surface area contributed by atoms with E-state index in [1.165, 1.54) is 26.4 Å². The monoisotopic (exact) mass is 634 g/mol. The molecule has 2 N–H and O–H groups in total. The van der Waals surface area contributed by atoms with E-state index in [0.717, 1.165) is 33.7 Å². The predicted octanol–water partition coefficient (Wildman–Crippen LogP) is 5.70. The van der Waals surface area contributed by atoms with E-state index < -0.39 is 29.5 Å². The van der Waals surface area contributed by atoms with Crippen LogP contribution in [0.5, 0.6) is 23.2 Å². The second-order valence-corrected chi connectivity index (χ2v) is 10.5. The predicted molar refractivity (Wildman–Crippen MR) is 156 cm³/mol. The van der Waals surface area contributed by atoms with Gasteiger partial charge in [0.1, 0.15) is 27.0 Å². The molecule has 6 aromatic rings. The molecule has 0 amide bonds. The van der Waals surface area contributed by atoms with Crippen LogP contribution < -0.4 is 29.7 Å². The average molecular weight is 635 g/mol. The summed E-state index contributed by atoms with van der Waals surface area (Å²) >= 11 is 0.968. The molecule has 0 fully saturated rings. The van der Waals surface area contributed by atoms with Gasteiger partial charge in [0.05, 0.1) is 30.9 Å². The molecular formula is C31H21F3N4O6S. The Kier molecular flexibility index (Phi) is 7.50. The van der Waals surface area contributed by atoms with Gasteiger partial charge in [-0.15, -0.1) is 24.5 Å². The number of methoxy groups -OCH3 is 2. The average Bonchev–Trinajstić information content (AvgIpc) is 3.59. The summed E-state index contributed by atoms with van der Waals surface area (Å²) in [6.45, 7) is 0. The van der Waals surface area contributed by atoms with Crippen LogP contribution >= 0.6 is 11.3 Å². The van der Waals surface area contributed by atoms with Crippen LogP contribution in [-0.2, 0) is 0 Å². The number of aromatic nitrogens is 3. The van der Waals surface area contributed by atoms with E-state index in [4.69, 9.17) is 24.7 Å². The second kappa shape index (κ2) is 11.5. The van der Waals surface area contributed by atoms with Crippen molar-refractivity contribution < 1.29 is 46.5 Å². The fourth-order valence-corrected chi connectivity index (χ4v) is 5.85. The van der Waals surface area contributed by atoms with Gasteiger partial charge in [-0.2, -0.15) is 0 Å². The fourth-order valence-electron chi connectivity index (χ4n) is 4.79. The van der Waals surface area contributed by atoms with E-state index in [2.05, 4.69) is 10.0 Å². The van der Waals surface area contributed by atoms with E-state index in [1.807, 2.05) is 36.4 Å². The van der Waals surface area contributed by atoms with Crippen molar-refractivity contribution in [3.63, 3.8) is 0 Å². The van der Waals surface area contributed by atoms with Gasteiger partial charge in [-0.1, -0.05) is 30.3 Å². The van der Waals surface area contributed by atoms with Gasteiger partial charge in [-0.25, -0.2) is 4.98 Å². The summed E-state index contributed by atoms with van der Waals surface area (Å²) in [7, 11) is 3.06. The van der Waals surface area contributed by atoms with Gasteiger partial charge < -0.3 is 29.6 Å². The minimum absolute atomic E-state index is 0.0168. The van der Waals surface area contributed by atoms with E-state index in [-0.39, 0.29) is 16.3 Å². The molecule has 3 heterocycles. The molecule has 0 saturated heterocycles. The molecule has 14 heteroatoms. The number of thiophene rings is 1. The van der Waals surface area contributed by atoms with Crippen molar-refractivity contribution in [1.82, 2.24) is 10.3 Å². The number of nitrogens with zero attached hydrogens (tertiary/aromatic N) is 3. The second-order valence-electron chi connectivity index (χ2n) is 9.50. The van der Waals surface area contributed by atoms with Crippen LogP contribution in [0, 0.1) is 0 Å². The Labute approximate surface area is 256 Å². The summed E-state index contributed by atoms with van der Waals surface area (Å²) in [5, 5.41) is 16.9. The van der Waals surface area contributed by atoms with Gasteiger partial charge >= 0.3 is 12.1 Å². The summed E-state index contributed by atoms with van der Waals surface area (Å²) in [5.74, 6) is -1.32. The highest BCUT2D eigenvalue weighted by Crippen LogP contribution is 2.45. The number of ketones is 1. The number of hydrogen-bond donors (Lipinski definition) is 1. The lowest BCUT2D eigenvalue weighted by Crippen LogP contribution is -2.39. The standard InChI is InChI=1S/C31H21F3N4O6S/c1-41-19-12-13-23(42-2)20(14-19)21-15-22(16-6-4-3-5-7-16)36-29-24(21)25(35)28(45-29)27(39)26-30(40)44-37-38(26)17-8-10-18(11-9-17)43-31(32,33)34/h3-15H,1-2H3,(H2-,35,37,39,40).